The fourth-order valence-electron chi connectivity index (χ4n) is 3.68. The molecule has 1 aromatic carbocycles. The number of nitrogens with one attached hydrogen (secondary N) is 2. The number of aromatic nitrogens is 2. The van der Waals surface area contributed by atoms with Crippen LogP contribution in [0.25, 0.3) is 0 Å². The van der Waals surface area contributed by atoms with E-state index < -0.39 is 6.10 Å². The number of amides is 2. The molecule has 7 nitrogen and oxygen atoms in total. The van der Waals surface area contributed by atoms with Gasteiger partial charge in [-0.1, -0.05) is 30.3 Å². The van der Waals surface area contributed by atoms with Crippen LogP contribution in [0.5, 0.6) is 0 Å². The Bertz CT molecular complexity index is 755. The summed E-state index contributed by atoms with van der Waals surface area (Å²) in [5.74, 6) is -0.211. The molecule has 150 valence electrons. The molecule has 7 heteroatoms. The lowest BCUT2D eigenvalue weighted by Crippen LogP contribution is -2.43. The molecule has 1 saturated carbocycles. The van der Waals surface area contributed by atoms with Crippen molar-refractivity contribution in [1.82, 2.24) is 20.4 Å². The van der Waals surface area contributed by atoms with Crippen LogP contribution in [0.15, 0.2) is 42.7 Å². The number of aliphatic hydroxyl groups excluding tert-OH is 1. The zero-order chi connectivity index (χ0) is 19.9. The van der Waals surface area contributed by atoms with E-state index in [4.69, 9.17) is 0 Å². The molecule has 1 aromatic heterocycles. The van der Waals surface area contributed by atoms with Gasteiger partial charge in [0.15, 0.2) is 6.10 Å². The van der Waals surface area contributed by atoms with Crippen LogP contribution in [0.1, 0.15) is 42.9 Å². The second-order valence-electron chi connectivity index (χ2n) is 7.49. The van der Waals surface area contributed by atoms with Crippen LogP contribution in [0, 0.1) is 5.92 Å². The first-order valence-electron chi connectivity index (χ1n) is 9.80. The highest BCUT2D eigenvalue weighted by Gasteiger charge is 2.30. The molecule has 0 unspecified atom stereocenters. The van der Waals surface area contributed by atoms with Gasteiger partial charge in [-0.15, -0.1) is 0 Å². The number of likely N-dealkylation sites (N-methyl/N-ethyl adjacent to an activating group) is 1. The van der Waals surface area contributed by atoms with Gasteiger partial charge in [-0.2, -0.15) is 5.10 Å². The first-order chi connectivity index (χ1) is 13.5. The number of aromatic amines is 1. The third kappa shape index (κ3) is 5.19. The summed E-state index contributed by atoms with van der Waals surface area (Å²) >= 11 is 0. The lowest BCUT2D eigenvalue weighted by Gasteiger charge is -2.31. The summed E-state index contributed by atoms with van der Waals surface area (Å²) in [6.07, 6.45) is 6.24. The minimum atomic E-state index is -1.16. The lowest BCUT2D eigenvalue weighted by atomic mass is 9.85. The Morgan fingerprint density at radius 3 is 2.61 bits per heavy atom. The fraction of sp³-hybridized carbons (Fsp3) is 0.476. The molecule has 0 spiro atoms. The molecular formula is C21H28N4O3. The Morgan fingerprint density at radius 2 is 1.96 bits per heavy atom. The zero-order valence-corrected chi connectivity index (χ0v) is 16.2. The molecule has 0 aliphatic heterocycles. The number of benzene rings is 1. The SMILES string of the molecule is CN(CCc1cn[nH]c1)C(=O)C1CCC(NC(=O)[C@H](O)c2ccccc2)CC1. The number of hydrogen-bond acceptors (Lipinski definition) is 4. The van der Waals surface area contributed by atoms with Crippen LogP contribution >= 0.6 is 0 Å². The van der Waals surface area contributed by atoms with Gasteiger partial charge >= 0.3 is 0 Å². The molecule has 2 amide bonds. The molecule has 3 rings (SSSR count). The van der Waals surface area contributed by atoms with E-state index >= 15 is 0 Å². The Morgan fingerprint density at radius 1 is 1.25 bits per heavy atom. The van der Waals surface area contributed by atoms with Crippen molar-refractivity contribution >= 4 is 11.8 Å². The molecule has 1 heterocycles. The predicted molar refractivity (Wildman–Crippen MR) is 105 cm³/mol. The smallest absolute Gasteiger partial charge is 0.253 e. The van der Waals surface area contributed by atoms with Crippen molar-refractivity contribution < 1.29 is 14.7 Å². The second-order valence-corrected chi connectivity index (χ2v) is 7.49. The molecule has 3 N–H and O–H groups in total. The van der Waals surface area contributed by atoms with Crippen molar-refractivity contribution in [3.05, 3.63) is 53.9 Å². The van der Waals surface area contributed by atoms with Gasteiger partial charge in [-0.3, -0.25) is 14.7 Å². The Balaban J connectivity index is 1.42. The maximum absolute atomic E-state index is 12.7. The monoisotopic (exact) mass is 384 g/mol. The number of hydrogen-bond donors (Lipinski definition) is 3. The van der Waals surface area contributed by atoms with Gasteiger partial charge < -0.3 is 15.3 Å². The minimum absolute atomic E-state index is 0.00143. The van der Waals surface area contributed by atoms with Gasteiger partial charge in [-0.25, -0.2) is 0 Å². The molecule has 1 atom stereocenters. The average Bonchev–Trinajstić information content (AvgIpc) is 3.25. The van der Waals surface area contributed by atoms with E-state index in [1.807, 2.05) is 19.3 Å². The summed E-state index contributed by atoms with van der Waals surface area (Å²) in [6.45, 7) is 0.665. The largest absolute Gasteiger partial charge is 0.378 e. The second kappa shape index (κ2) is 9.50. The first-order valence-corrected chi connectivity index (χ1v) is 9.80. The van der Waals surface area contributed by atoms with Crippen LogP contribution in [0.4, 0.5) is 0 Å². The molecule has 1 fully saturated rings. The van der Waals surface area contributed by atoms with Gasteiger partial charge in [0.1, 0.15) is 0 Å². The number of rotatable bonds is 7. The quantitative estimate of drug-likeness (QED) is 0.678. The van der Waals surface area contributed by atoms with E-state index in [1.165, 1.54) is 0 Å². The Kier molecular flexibility index (Phi) is 6.81. The molecule has 0 bridgehead atoms. The molecular weight excluding hydrogens is 356 g/mol. The van der Waals surface area contributed by atoms with Gasteiger partial charge in [0.2, 0.25) is 5.91 Å². The number of aliphatic hydroxyl groups is 1. The molecule has 0 radical (unpaired) electrons. The topological polar surface area (TPSA) is 98.3 Å². The van der Waals surface area contributed by atoms with Crippen molar-refractivity contribution in [2.24, 2.45) is 5.92 Å². The number of H-pyrrole nitrogens is 1. The van der Waals surface area contributed by atoms with Gasteiger partial charge in [0, 0.05) is 31.7 Å². The Labute approximate surface area is 165 Å². The Hall–Kier alpha value is -2.67. The maximum Gasteiger partial charge on any atom is 0.253 e. The first kappa shape index (κ1) is 20.1. The van der Waals surface area contributed by atoms with Crippen molar-refractivity contribution in [2.45, 2.75) is 44.2 Å². The average molecular weight is 384 g/mol. The van der Waals surface area contributed by atoms with Crippen molar-refractivity contribution in [2.75, 3.05) is 13.6 Å². The van der Waals surface area contributed by atoms with E-state index in [9.17, 15) is 14.7 Å². The molecule has 2 aromatic rings. The molecule has 28 heavy (non-hydrogen) atoms. The standard InChI is InChI=1S/C21H28N4O3/c1-25(12-11-15-13-22-23-14-15)21(28)17-7-9-18(10-8-17)24-20(27)19(26)16-5-3-2-4-6-16/h2-6,13-14,17-19,26H,7-12H2,1H3,(H,22,23)(H,24,27)/t17?,18?,19-/m1/s1. The lowest BCUT2D eigenvalue weighted by molar-refractivity contribution is -0.135. The van der Waals surface area contributed by atoms with E-state index in [-0.39, 0.29) is 23.8 Å². The zero-order valence-electron chi connectivity index (χ0n) is 16.2. The summed E-state index contributed by atoms with van der Waals surface area (Å²) in [5, 5.41) is 19.8. The highest BCUT2D eigenvalue weighted by Crippen LogP contribution is 2.26. The number of carbonyl (C=O) groups is 2. The highest BCUT2D eigenvalue weighted by atomic mass is 16.3. The van der Waals surface area contributed by atoms with E-state index in [0.717, 1.165) is 37.7 Å². The van der Waals surface area contributed by atoms with Crippen LogP contribution in [0.3, 0.4) is 0 Å². The van der Waals surface area contributed by atoms with E-state index in [2.05, 4.69) is 15.5 Å². The molecule has 1 aliphatic rings. The third-order valence-corrected chi connectivity index (χ3v) is 5.45. The highest BCUT2D eigenvalue weighted by molar-refractivity contribution is 5.82. The van der Waals surface area contributed by atoms with Gasteiger partial charge in [0.25, 0.3) is 5.91 Å². The van der Waals surface area contributed by atoms with Gasteiger partial charge in [-0.05, 0) is 43.2 Å². The summed E-state index contributed by atoms with van der Waals surface area (Å²) in [7, 11) is 1.84. The molecule has 1 aliphatic carbocycles. The van der Waals surface area contributed by atoms with Crippen molar-refractivity contribution in [3.8, 4) is 0 Å². The minimum Gasteiger partial charge on any atom is -0.378 e. The number of carbonyl (C=O) groups excluding carboxylic acids is 2. The van der Waals surface area contributed by atoms with E-state index in [0.29, 0.717) is 12.1 Å². The fourth-order valence-corrected chi connectivity index (χ4v) is 3.68. The number of nitrogens with zero attached hydrogens (tertiary/aromatic N) is 2. The van der Waals surface area contributed by atoms with E-state index in [1.54, 1.807) is 35.4 Å². The van der Waals surface area contributed by atoms with Crippen molar-refractivity contribution in [3.63, 3.8) is 0 Å². The maximum atomic E-state index is 12.7. The van der Waals surface area contributed by atoms with Gasteiger partial charge in [0.05, 0.1) is 6.20 Å². The van der Waals surface area contributed by atoms with Crippen LogP contribution in [-0.2, 0) is 16.0 Å². The summed E-state index contributed by atoms with van der Waals surface area (Å²) in [5.41, 5.74) is 1.67. The predicted octanol–water partition coefficient (Wildman–Crippen LogP) is 1.82. The summed E-state index contributed by atoms with van der Waals surface area (Å²) < 4.78 is 0. The molecule has 0 saturated heterocycles. The summed E-state index contributed by atoms with van der Waals surface area (Å²) in [6, 6.07) is 8.92. The summed E-state index contributed by atoms with van der Waals surface area (Å²) in [4.78, 5) is 26.7. The third-order valence-electron chi connectivity index (χ3n) is 5.45. The normalized spacial score (nSPS) is 20.4. The van der Waals surface area contributed by atoms with Crippen molar-refractivity contribution in [1.29, 1.82) is 0 Å². The van der Waals surface area contributed by atoms with Crippen LogP contribution < -0.4 is 5.32 Å². The van der Waals surface area contributed by atoms with Crippen LogP contribution in [-0.4, -0.2) is 51.7 Å². The van der Waals surface area contributed by atoms with Crippen LogP contribution in [0.2, 0.25) is 0 Å².